The second kappa shape index (κ2) is 6.83. The Bertz CT molecular complexity index is 436. The lowest BCUT2D eigenvalue weighted by atomic mass is 10.2. The Hall–Kier alpha value is -0.970. The Balaban J connectivity index is 2.93. The van der Waals surface area contributed by atoms with Crippen molar-refractivity contribution >= 4 is 29.1 Å². The average molecular weight is 291 g/mol. The van der Waals surface area contributed by atoms with Crippen LogP contribution < -0.4 is 15.8 Å². The SMILES string of the molecule is CC(C)NCc1cc(Cl)cc(Cl)c1OCC(N)=O. The lowest BCUT2D eigenvalue weighted by Crippen LogP contribution is -2.24. The van der Waals surface area contributed by atoms with E-state index in [1.807, 2.05) is 13.8 Å². The predicted octanol–water partition coefficient (Wildman–Crippen LogP) is 2.36. The van der Waals surface area contributed by atoms with Gasteiger partial charge in [-0.05, 0) is 12.1 Å². The van der Waals surface area contributed by atoms with Crippen LogP contribution >= 0.6 is 23.2 Å². The third-order valence-corrected chi connectivity index (χ3v) is 2.64. The summed E-state index contributed by atoms with van der Waals surface area (Å²) in [5.74, 6) is -0.114. The summed E-state index contributed by atoms with van der Waals surface area (Å²) in [6.07, 6.45) is 0. The van der Waals surface area contributed by atoms with Gasteiger partial charge in [-0.2, -0.15) is 0 Å². The molecule has 100 valence electrons. The molecule has 1 rings (SSSR count). The van der Waals surface area contributed by atoms with Crippen molar-refractivity contribution < 1.29 is 9.53 Å². The van der Waals surface area contributed by atoms with E-state index >= 15 is 0 Å². The predicted molar refractivity (Wildman–Crippen MR) is 73.1 cm³/mol. The van der Waals surface area contributed by atoms with Gasteiger partial charge in [0.25, 0.3) is 5.91 Å². The Morgan fingerprint density at radius 1 is 1.44 bits per heavy atom. The van der Waals surface area contributed by atoms with Crippen LogP contribution in [0.2, 0.25) is 10.0 Å². The molecule has 0 aromatic heterocycles. The minimum atomic E-state index is -0.552. The van der Waals surface area contributed by atoms with E-state index in [0.29, 0.717) is 28.4 Å². The van der Waals surface area contributed by atoms with Crippen LogP contribution in [0.5, 0.6) is 5.75 Å². The molecule has 0 aliphatic heterocycles. The lowest BCUT2D eigenvalue weighted by molar-refractivity contribution is -0.119. The van der Waals surface area contributed by atoms with Crippen molar-refractivity contribution in [1.82, 2.24) is 5.32 Å². The van der Waals surface area contributed by atoms with E-state index < -0.39 is 5.91 Å². The van der Waals surface area contributed by atoms with Crippen molar-refractivity contribution in [2.75, 3.05) is 6.61 Å². The highest BCUT2D eigenvalue weighted by molar-refractivity contribution is 6.35. The smallest absolute Gasteiger partial charge is 0.255 e. The van der Waals surface area contributed by atoms with Gasteiger partial charge in [0.15, 0.2) is 6.61 Å². The summed E-state index contributed by atoms with van der Waals surface area (Å²) in [7, 11) is 0. The van der Waals surface area contributed by atoms with Gasteiger partial charge < -0.3 is 15.8 Å². The standard InChI is InChI=1S/C12H16Cl2N2O2/c1-7(2)16-5-8-3-9(13)4-10(14)12(8)18-6-11(15)17/h3-4,7,16H,5-6H2,1-2H3,(H2,15,17). The van der Waals surface area contributed by atoms with Crippen molar-refractivity contribution in [2.45, 2.75) is 26.4 Å². The zero-order chi connectivity index (χ0) is 13.7. The summed E-state index contributed by atoms with van der Waals surface area (Å²) in [4.78, 5) is 10.7. The molecule has 0 saturated carbocycles. The normalized spacial score (nSPS) is 10.7. The second-order valence-corrected chi connectivity index (χ2v) is 5.01. The monoisotopic (exact) mass is 290 g/mol. The third-order valence-electron chi connectivity index (χ3n) is 2.14. The van der Waals surface area contributed by atoms with Crippen LogP contribution in [0.4, 0.5) is 0 Å². The Morgan fingerprint density at radius 2 is 2.11 bits per heavy atom. The summed E-state index contributed by atoms with van der Waals surface area (Å²) < 4.78 is 5.31. The number of hydrogen-bond donors (Lipinski definition) is 2. The summed E-state index contributed by atoms with van der Waals surface area (Å²) in [5, 5.41) is 4.12. The van der Waals surface area contributed by atoms with E-state index in [0.717, 1.165) is 5.56 Å². The van der Waals surface area contributed by atoms with Crippen molar-refractivity contribution in [1.29, 1.82) is 0 Å². The van der Waals surface area contributed by atoms with E-state index in [4.69, 9.17) is 33.7 Å². The highest BCUT2D eigenvalue weighted by atomic mass is 35.5. The molecule has 0 spiro atoms. The van der Waals surface area contributed by atoms with Crippen molar-refractivity contribution in [3.63, 3.8) is 0 Å². The van der Waals surface area contributed by atoms with Crippen LogP contribution in [0.15, 0.2) is 12.1 Å². The first-order valence-corrected chi connectivity index (χ1v) is 6.28. The van der Waals surface area contributed by atoms with Gasteiger partial charge in [0, 0.05) is 23.2 Å². The van der Waals surface area contributed by atoms with Gasteiger partial charge in [0.2, 0.25) is 0 Å². The first-order valence-electron chi connectivity index (χ1n) is 5.52. The quantitative estimate of drug-likeness (QED) is 0.845. The highest BCUT2D eigenvalue weighted by Gasteiger charge is 2.12. The third kappa shape index (κ3) is 4.72. The topological polar surface area (TPSA) is 64.3 Å². The minimum absolute atomic E-state index is 0.212. The van der Waals surface area contributed by atoms with Gasteiger partial charge in [-0.1, -0.05) is 37.0 Å². The number of nitrogens with two attached hydrogens (primary N) is 1. The van der Waals surface area contributed by atoms with Crippen LogP contribution in [0.25, 0.3) is 0 Å². The zero-order valence-corrected chi connectivity index (χ0v) is 11.8. The number of benzene rings is 1. The first kappa shape index (κ1) is 15.1. The molecule has 6 heteroatoms. The van der Waals surface area contributed by atoms with Crippen LogP contribution in [-0.2, 0) is 11.3 Å². The summed E-state index contributed by atoms with van der Waals surface area (Å²) in [6.45, 7) is 4.38. The number of halogens is 2. The van der Waals surface area contributed by atoms with Crippen LogP contribution in [-0.4, -0.2) is 18.6 Å². The summed E-state index contributed by atoms with van der Waals surface area (Å²) in [5.41, 5.74) is 5.84. The molecule has 1 aromatic rings. The number of carbonyl (C=O) groups excluding carboxylic acids is 1. The van der Waals surface area contributed by atoms with Crippen LogP contribution in [0, 0.1) is 0 Å². The molecule has 0 heterocycles. The van der Waals surface area contributed by atoms with E-state index in [9.17, 15) is 4.79 Å². The molecule has 4 nitrogen and oxygen atoms in total. The number of rotatable bonds is 6. The van der Waals surface area contributed by atoms with Gasteiger partial charge in [-0.25, -0.2) is 0 Å². The molecule has 0 bridgehead atoms. The van der Waals surface area contributed by atoms with E-state index in [1.54, 1.807) is 12.1 Å². The fourth-order valence-electron chi connectivity index (χ4n) is 1.36. The molecule has 1 amide bonds. The molecule has 0 radical (unpaired) electrons. The summed E-state index contributed by atoms with van der Waals surface area (Å²) in [6, 6.07) is 3.63. The molecule has 0 aliphatic rings. The lowest BCUT2D eigenvalue weighted by Gasteiger charge is -2.15. The maximum absolute atomic E-state index is 10.7. The average Bonchev–Trinajstić information content (AvgIpc) is 2.24. The van der Waals surface area contributed by atoms with Crippen molar-refractivity contribution in [2.24, 2.45) is 5.73 Å². The van der Waals surface area contributed by atoms with Crippen molar-refractivity contribution in [3.05, 3.63) is 27.7 Å². The van der Waals surface area contributed by atoms with Gasteiger partial charge in [0.05, 0.1) is 5.02 Å². The second-order valence-electron chi connectivity index (χ2n) is 4.17. The van der Waals surface area contributed by atoms with E-state index in [-0.39, 0.29) is 6.61 Å². The number of hydrogen-bond acceptors (Lipinski definition) is 3. The number of carbonyl (C=O) groups is 1. The molecule has 0 saturated heterocycles. The van der Waals surface area contributed by atoms with E-state index in [1.165, 1.54) is 0 Å². The number of amides is 1. The molecule has 1 aromatic carbocycles. The molecule has 0 fully saturated rings. The van der Waals surface area contributed by atoms with Gasteiger partial charge in [0.1, 0.15) is 5.75 Å². The van der Waals surface area contributed by atoms with E-state index in [2.05, 4.69) is 5.32 Å². The van der Waals surface area contributed by atoms with Crippen molar-refractivity contribution in [3.8, 4) is 5.75 Å². The molecule has 0 atom stereocenters. The Morgan fingerprint density at radius 3 is 2.67 bits per heavy atom. The molecule has 0 unspecified atom stereocenters. The number of nitrogens with one attached hydrogen (secondary N) is 1. The van der Waals surface area contributed by atoms with Crippen LogP contribution in [0.3, 0.4) is 0 Å². The molecule has 3 N–H and O–H groups in total. The zero-order valence-electron chi connectivity index (χ0n) is 10.3. The Labute approximate surface area is 116 Å². The van der Waals surface area contributed by atoms with Crippen LogP contribution in [0.1, 0.15) is 19.4 Å². The fourth-order valence-corrected chi connectivity index (χ4v) is 1.95. The van der Waals surface area contributed by atoms with Gasteiger partial charge in [-0.15, -0.1) is 0 Å². The Kier molecular flexibility index (Phi) is 5.72. The maximum Gasteiger partial charge on any atom is 0.255 e. The molecule has 0 aliphatic carbocycles. The van der Waals surface area contributed by atoms with Gasteiger partial charge >= 0.3 is 0 Å². The minimum Gasteiger partial charge on any atom is -0.482 e. The summed E-state index contributed by atoms with van der Waals surface area (Å²) >= 11 is 12.0. The first-order chi connectivity index (χ1) is 8.40. The number of primary amides is 1. The number of ether oxygens (including phenoxy) is 1. The van der Waals surface area contributed by atoms with Gasteiger partial charge in [-0.3, -0.25) is 4.79 Å². The maximum atomic E-state index is 10.7. The highest BCUT2D eigenvalue weighted by Crippen LogP contribution is 2.32. The molecular weight excluding hydrogens is 275 g/mol. The molecular formula is C12H16Cl2N2O2. The molecule has 18 heavy (non-hydrogen) atoms. The largest absolute Gasteiger partial charge is 0.482 e. The fraction of sp³-hybridized carbons (Fsp3) is 0.417.